The molecule has 0 bridgehead atoms. The second-order valence-corrected chi connectivity index (χ2v) is 6.25. The van der Waals surface area contributed by atoms with Crippen LogP contribution in [-0.2, 0) is 20.6 Å². The molecular weight excluding hydrogens is 417 g/mol. The van der Waals surface area contributed by atoms with E-state index >= 15 is 0 Å². The summed E-state index contributed by atoms with van der Waals surface area (Å²) in [5.74, 6) is -2.37. The van der Waals surface area contributed by atoms with Crippen molar-refractivity contribution in [2.24, 2.45) is 5.10 Å². The SMILES string of the molecule is COc1ccccc1NC(=O)C(=O)N/N=C(/C)CC(=O)Nc1cccc(C(F)(F)F)c1. The number of hydrazone groups is 1. The topological polar surface area (TPSA) is 109 Å². The lowest BCUT2D eigenvalue weighted by Crippen LogP contribution is -2.33. The highest BCUT2D eigenvalue weighted by Gasteiger charge is 2.30. The van der Waals surface area contributed by atoms with E-state index in [4.69, 9.17) is 4.74 Å². The second kappa shape index (κ2) is 10.2. The highest BCUT2D eigenvalue weighted by atomic mass is 19.4. The van der Waals surface area contributed by atoms with E-state index in [1.54, 1.807) is 18.2 Å². The van der Waals surface area contributed by atoms with Crippen LogP contribution in [0.25, 0.3) is 0 Å². The average molecular weight is 436 g/mol. The van der Waals surface area contributed by atoms with E-state index in [9.17, 15) is 27.6 Å². The Hall–Kier alpha value is -3.89. The van der Waals surface area contributed by atoms with Crippen LogP contribution in [0, 0.1) is 0 Å². The largest absolute Gasteiger partial charge is 0.495 e. The Kier molecular flexibility index (Phi) is 7.72. The number of nitrogens with zero attached hydrogens (tertiary/aromatic N) is 1. The molecule has 0 radical (unpaired) electrons. The van der Waals surface area contributed by atoms with Crippen LogP contribution in [0.1, 0.15) is 18.9 Å². The number of methoxy groups -OCH3 is 1. The van der Waals surface area contributed by atoms with Gasteiger partial charge in [-0.3, -0.25) is 14.4 Å². The summed E-state index contributed by atoms with van der Waals surface area (Å²) in [6.07, 6.45) is -4.85. The summed E-state index contributed by atoms with van der Waals surface area (Å²) in [4.78, 5) is 35.8. The number of carbonyl (C=O) groups is 3. The van der Waals surface area contributed by atoms with Crippen molar-refractivity contribution in [3.63, 3.8) is 0 Å². The summed E-state index contributed by atoms with van der Waals surface area (Å²) >= 11 is 0. The van der Waals surface area contributed by atoms with Crippen molar-refractivity contribution in [3.05, 3.63) is 54.1 Å². The monoisotopic (exact) mass is 436 g/mol. The number of alkyl halides is 3. The van der Waals surface area contributed by atoms with Crippen LogP contribution in [0.15, 0.2) is 53.6 Å². The van der Waals surface area contributed by atoms with E-state index in [-0.39, 0.29) is 23.5 Å². The summed E-state index contributed by atoms with van der Waals surface area (Å²) in [5.41, 5.74) is 1.48. The van der Waals surface area contributed by atoms with E-state index in [2.05, 4.69) is 15.7 Å². The Morgan fingerprint density at radius 3 is 2.39 bits per heavy atom. The fourth-order valence-electron chi connectivity index (χ4n) is 2.37. The minimum atomic E-state index is -4.53. The molecule has 31 heavy (non-hydrogen) atoms. The molecule has 0 aliphatic carbocycles. The Labute approximate surface area is 175 Å². The lowest BCUT2D eigenvalue weighted by atomic mass is 10.2. The van der Waals surface area contributed by atoms with Crippen molar-refractivity contribution in [1.29, 1.82) is 0 Å². The minimum absolute atomic E-state index is 0.0344. The molecule has 0 atom stereocenters. The van der Waals surface area contributed by atoms with Crippen LogP contribution in [0.2, 0.25) is 0 Å². The molecule has 0 aliphatic heterocycles. The molecule has 164 valence electrons. The number of anilines is 2. The molecule has 8 nitrogen and oxygen atoms in total. The lowest BCUT2D eigenvalue weighted by molar-refractivity contribution is -0.137. The van der Waals surface area contributed by atoms with E-state index in [0.717, 1.165) is 12.1 Å². The Morgan fingerprint density at radius 1 is 1.00 bits per heavy atom. The second-order valence-electron chi connectivity index (χ2n) is 6.25. The van der Waals surface area contributed by atoms with E-state index in [1.165, 1.54) is 32.2 Å². The van der Waals surface area contributed by atoms with Gasteiger partial charge < -0.3 is 15.4 Å². The third-order valence-electron chi connectivity index (χ3n) is 3.80. The van der Waals surface area contributed by atoms with Crippen molar-refractivity contribution in [1.82, 2.24) is 5.43 Å². The van der Waals surface area contributed by atoms with Crippen LogP contribution in [0.4, 0.5) is 24.5 Å². The molecule has 3 amide bonds. The quantitative estimate of drug-likeness (QED) is 0.367. The number of hydrogen-bond acceptors (Lipinski definition) is 5. The number of para-hydroxylation sites is 2. The molecule has 2 aromatic carbocycles. The molecule has 0 heterocycles. The number of carbonyl (C=O) groups excluding carboxylic acids is 3. The van der Waals surface area contributed by atoms with Crippen LogP contribution >= 0.6 is 0 Å². The number of halogens is 3. The maximum absolute atomic E-state index is 12.7. The number of amides is 3. The van der Waals surface area contributed by atoms with Gasteiger partial charge in [0.15, 0.2) is 0 Å². The summed E-state index contributed by atoms with van der Waals surface area (Å²) < 4.78 is 43.2. The summed E-state index contributed by atoms with van der Waals surface area (Å²) in [5, 5.41) is 8.33. The smallest absolute Gasteiger partial charge is 0.416 e. The maximum Gasteiger partial charge on any atom is 0.416 e. The highest BCUT2D eigenvalue weighted by Crippen LogP contribution is 2.30. The molecule has 11 heteroatoms. The summed E-state index contributed by atoms with van der Waals surface area (Å²) in [6, 6.07) is 10.6. The van der Waals surface area contributed by atoms with Crippen molar-refractivity contribution in [2.75, 3.05) is 17.7 Å². The van der Waals surface area contributed by atoms with Crippen molar-refractivity contribution < 1.29 is 32.3 Å². The fourth-order valence-corrected chi connectivity index (χ4v) is 2.37. The molecule has 0 spiro atoms. The van der Waals surface area contributed by atoms with Crippen LogP contribution < -0.4 is 20.8 Å². The highest BCUT2D eigenvalue weighted by molar-refractivity contribution is 6.39. The van der Waals surface area contributed by atoms with Crippen molar-refractivity contribution in [3.8, 4) is 5.75 Å². The normalized spacial score (nSPS) is 11.5. The first-order chi connectivity index (χ1) is 14.6. The van der Waals surface area contributed by atoms with Gasteiger partial charge in [-0.2, -0.15) is 18.3 Å². The van der Waals surface area contributed by atoms with Gasteiger partial charge in [0.2, 0.25) is 5.91 Å². The molecular formula is C20H19F3N4O4. The van der Waals surface area contributed by atoms with Gasteiger partial charge in [0.25, 0.3) is 0 Å². The van der Waals surface area contributed by atoms with Crippen LogP contribution in [-0.4, -0.2) is 30.5 Å². The third kappa shape index (κ3) is 7.14. The Bertz CT molecular complexity index is 1010. The molecule has 0 saturated carbocycles. The summed E-state index contributed by atoms with van der Waals surface area (Å²) in [7, 11) is 1.41. The number of ether oxygens (including phenoxy) is 1. The Balaban J connectivity index is 1.89. The summed E-state index contributed by atoms with van der Waals surface area (Å²) in [6.45, 7) is 1.41. The first-order valence-corrected chi connectivity index (χ1v) is 8.84. The van der Waals surface area contributed by atoms with Crippen molar-refractivity contribution >= 4 is 34.8 Å². The molecule has 2 aromatic rings. The number of nitrogens with one attached hydrogen (secondary N) is 3. The fraction of sp³-hybridized carbons (Fsp3) is 0.200. The predicted octanol–water partition coefficient (Wildman–Crippen LogP) is 3.17. The first kappa shape index (κ1) is 23.4. The molecule has 2 rings (SSSR count). The van der Waals surface area contributed by atoms with Gasteiger partial charge in [0, 0.05) is 11.4 Å². The first-order valence-electron chi connectivity index (χ1n) is 8.84. The molecule has 0 fully saturated rings. The van der Waals surface area contributed by atoms with Crippen molar-refractivity contribution in [2.45, 2.75) is 19.5 Å². The van der Waals surface area contributed by atoms with Gasteiger partial charge in [-0.25, -0.2) is 5.43 Å². The zero-order valence-corrected chi connectivity index (χ0v) is 16.5. The maximum atomic E-state index is 12.7. The third-order valence-corrected chi connectivity index (χ3v) is 3.80. The van der Waals surface area contributed by atoms with E-state index < -0.39 is 29.5 Å². The minimum Gasteiger partial charge on any atom is -0.495 e. The van der Waals surface area contributed by atoms with E-state index in [0.29, 0.717) is 5.75 Å². The number of benzene rings is 2. The number of rotatable bonds is 6. The van der Waals surface area contributed by atoms with Crippen LogP contribution in [0.3, 0.4) is 0 Å². The molecule has 3 N–H and O–H groups in total. The molecule has 0 saturated heterocycles. The van der Waals surface area contributed by atoms with E-state index in [1.807, 2.05) is 5.43 Å². The number of hydrogen-bond donors (Lipinski definition) is 3. The molecule has 0 unspecified atom stereocenters. The average Bonchev–Trinajstić information content (AvgIpc) is 2.71. The van der Waals surface area contributed by atoms with Gasteiger partial charge in [-0.1, -0.05) is 18.2 Å². The van der Waals surface area contributed by atoms with Crippen LogP contribution in [0.5, 0.6) is 5.75 Å². The zero-order chi connectivity index (χ0) is 23.0. The zero-order valence-electron chi connectivity index (χ0n) is 16.5. The molecule has 0 aromatic heterocycles. The molecule has 0 aliphatic rings. The standard InChI is InChI=1S/C20H19F3N4O4/c1-12(10-17(28)24-14-7-5-6-13(11-14)20(21,22)23)26-27-19(30)18(29)25-15-8-3-4-9-16(15)31-2/h3-9,11H,10H2,1-2H3,(H,24,28)(H,25,29)(H,27,30)/b26-12-. The van der Waals surface area contributed by atoms with Gasteiger partial charge in [0.05, 0.1) is 24.8 Å². The predicted molar refractivity (Wildman–Crippen MR) is 108 cm³/mol. The van der Waals surface area contributed by atoms with Gasteiger partial charge in [-0.15, -0.1) is 0 Å². The van der Waals surface area contributed by atoms with Gasteiger partial charge >= 0.3 is 18.0 Å². The lowest BCUT2D eigenvalue weighted by Gasteiger charge is -2.10. The van der Waals surface area contributed by atoms with Gasteiger partial charge in [0.1, 0.15) is 5.75 Å². The Morgan fingerprint density at radius 2 is 1.71 bits per heavy atom. The van der Waals surface area contributed by atoms with Gasteiger partial charge in [-0.05, 0) is 37.3 Å².